The average Bonchev–Trinajstić information content (AvgIpc) is 3.99. The van der Waals surface area contributed by atoms with Gasteiger partial charge >= 0.3 is 0 Å². The minimum atomic E-state index is -2.69. The van der Waals surface area contributed by atoms with Crippen molar-refractivity contribution in [2.45, 2.75) is 117 Å². The lowest BCUT2D eigenvalue weighted by atomic mass is 9.49. The molecule has 3 aromatic carbocycles. The van der Waals surface area contributed by atoms with Gasteiger partial charge in [0.2, 0.25) is 5.91 Å². The Morgan fingerprint density at radius 3 is 2.25 bits per heavy atom. The molecule has 1 aliphatic carbocycles. The van der Waals surface area contributed by atoms with Gasteiger partial charge in [-0.15, -0.1) is 0 Å². The van der Waals surface area contributed by atoms with Gasteiger partial charge in [0.15, 0.2) is 5.82 Å². The van der Waals surface area contributed by atoms with Gasteiger partial charge in [-0.2, -0.15) is 10.4 Å². The third-order valence-electron chi connectivity index (χ3n) is 17.7. The van der Waals surface area contributed by atoms with Crippen LogP contribution in [0.3, 0.4) is 0 Å². The monoisotopic (exact) mass is 1050 g/mol. The fourth-order valence-electron chi connectivity index (χ4n) is 13.8. The number of piperazine rings is 1. The molecule has 0 radical (unpaired) electrons. The molecule has 5 aromatic rings. The highest BCUT2D eigenvalue weighted by molar-refractivity contribution is 5.95. The van der Waals surface area contributed by atoms with Crippen LogP contribution in [0, 0.1) is 22.2 Å². The molecule has 0 spiro atoms. The molecule has 0 atom stereocenters. The first-order chi connectivity index (χ1) is 37.1. The standard InChI is InChI=1S/C60H72F2N10O5/c1-38(73)70-25-19-50-49(37-70)55(66-72(50)45-20-30-76-31-21-45)71-22-7-8-40-32-47(48(54(61)62)34-51(40)71)42-12-16-53(64-36-42)69-23-17-44(18-24-69)68-28-26-67(27-29-68)43-13-9-39(10-14-43)56(74)65-57-59(2,3)58(60(57,4)5)77-46-15-11-41(35-63)52(33-46)75-6/h9-16,32-34,36,44-45,54,57-58H,7-8,17-31,37H2,1-6H3,(H,65,74). The Morgan fingerprint density at radius 2 is 1.58 bits per heavy atom. The van der Waals surface area contributed by atoms with E-state index >= 15 is 8.78 Å². The van der Waals surface area contributed by atoms with Crippen LogP contribution in [0.2, 0.25) is 0 Å². The van der Waals surface area contributed by atoms with Gasteiger partial charge in [0, 0.05) is 153 Å². The summed E-state index contributed by atoms with van der Waals surface area (Å²) in [5.41, 5.74) is 6.57. The van der Waals surface area contributed by atoms with Crippen molar-refractivity contribution in [3.63, 3.8) is 0 Å². The SMILES string of the molecule is COc1cc(OC2C(C)(C)C(NC(=O)c3ccc(N4CCN(C5CCN(c6ccc(-c7cc8c(cc7C(F)F)N(c7nn(C9CCOCC9)c9c7CN(C(C)=O)CC9)CCC8)cn6)CC5)CC4)cc3)C2(C)C)ccc1C#N. The molecule has 0 bridgehead atoms. The first kappa shape index (κ1) is 52.3. The molecule has 5 aliphatic heterocycles. The molecule has 4 fully saturated rings. The number of rotatable bonds is 12. The molecular weight excluding hydrogens is 979 g/mol. The summed E-state index contributed by atoms with van der Waals surface area (Å²) in [7, 11) is 1.54. The Kier molecular flexibility index (Phi) is 14.4. The van der Waals surface area contributed by atoms with E-state index in [4.69, 9.17) is 24.3 Å². The number of benzene rings is 3. The maximum atomic E-state index is 15.2. The Morgan fingerprint density at radius 1 is 0.844 bits per heavy atom. The van der Waals surface area contributed by atoms with Crippen LogP contribution >= 0.6 is 0 Å². The number of carbonyl (C=O) groups is 2. The van der Waals surface area contributed by atoms with Crippen molar-refractivity contribution in [2.75, 3.05) is 87.4 Å². The number of anilines is 4. The number of ether oxygens (including phenoxy) is 3. The number of fused-ring (bicyclic) bond motifs is 2. The summed E-state index contributed by atoms with van der Waals surface area (Å²) in [6.07, 6.45) is 4.98. The van der Waals surface area contributed by atoms with Gasteiger partial charge in [-0.3, -0.25) is 19.2 Å². The maximum absolute atomic E-state index is 15.2. The highest BCUT2D eigenvalue weighted by atomic mass is 19.3. The predicted molar refractivity (Wildman–Crippen MR) is 292 cm³/mol. The first-order valence-corrected chi connectivity index (χ1v) is 27.6. The van der Waals surface area contributed by atoms with Crippen molar-refractivity contribution in [3.05, 3.63) is 106 Å². The maximum Gasteiger partial charge on any atom is 0.264 e. The molecule has 2 aromatic heterocycles. The zero-order chi connectivity index (χ0) is 53.8. The van der Waals surface area contributed by atoms with E-state index in [1.807, 2.05) is 35.2 Å². The van der Waals surface area contributed by atoms with Crippen molar-refractivity contribution in [1.82, 2.24) is 29.9 Å². The number of nitrogens with one attached hydrogen (secondary N) is 1. The molecule has 1 N–H and O–H groups in total. The number of aryl methyl sites for hydroxylation is 1. The van der Waals surface area contributed by atoms with Crippen LogP contribution < -0.4 is 29.5 Å². The zero-order valence-electron chi connectivity index (χ0n) is 45.4. The average molecular weight is 1050 g/mol. The number of aromatic nitrogens is 3. The van der Waals surface area contributed by atoms with E-state index in [0.29, 0.717) is 79.1 Å². The van der Waals surface area contributed by atoms with E-state index in [-0.39, 0.29) is 46.4 Å². The molecule has 6 aliphatic rings. The van der Waals surface area contributed by atoms with Crippen molar-refractivity contribution >= 4 is 34.8 Å². The summed E-state index contributed by atoms with van der Waals surface area (Å²) < 4.78 is 50.1. The zero-order valence-corrected chi connectivity index (χ0v) is 45.4. The fourth-order valence-corrected chi connectivity index (χ4v) is 13.8. The summed E-state index contributed by atoms with van der Waals surface area (Å²) in [6.45, 7) is 18.6. The minimum absolute atomic E-state index is 0.0163. The van der Waals surface area contributed by atoms with Crippen LogP contribution in [-0.2, 0) is 28.9 Å². The number of methoxy groups -OCH3 is 1. The number of alkyl halides is 2. The summed E-state index contributed by atoms with van der Waals surface area (Å²) in [5, 5.41) is 18.0. The van der Waals surface area contributed by atoms with Crippen molar-refractivity contribution in [1.29, 1.82) is 5.26 Å². The van der Waals surface area contributed by atoms with Gasteiger partial charge in [-0.25, -0.2) is 13.8 Å². The lowest BCUT2D eigenvalue weighted by molar-refractivity contribution is -0.164. The molecule has 406 valence electrons. The number of amides is 2. The van der Waals surface area contributed by atoms with E-state index in [1.54, 1.807) is 37.4 Å². The lowest BCUT2D eigenvalue weighted by Gasteiger charge is -2.63. The third-order valence-corrected chi connectivity index (χ3v) is 17.7. The van der Waals surface area contributed by atoms with E-state index < -0.39 is 6.43 Å². The van der Waals surface area contributed by atoms with Gasteiger partial charge in [-0.1, -0.05) is 27.7 Å². The van der Waals surface area contributed by atoms with Crippen LogP contribution in [0.15, 0.2) is 72.9 Å². The first-order valence-electron chi connectivity index (χ1n) is 27.6. The molecular formula is C60H72F2N10O5. The summed E-state index contributed by atoms with van der Waals surface area (Å²) in [4.78, 5) is 42.5. The number of pyridine rings is 1. The Balaban J connectivity index is 0.686. The van der Waals surface area contributed by atoms with Gasteiger partial charge in [0.25, 0.3) is 12.3 Å². The van der Waals surface area contributed by atoms with Crippen LogP contribution in [0.25, 0.3) is 11.1 Å². The van der Waals surface area contributed by atoms with E-state index in [1.165, 1.54) is 7.11 Å². The summed E-state index contributed by atoms with van der Waals surface area (Å²) in [6, 6.07) is 23.4. The Labute approximate surface area is 451 Å². The normalized spacial score (nSPS) is 21.7. The fraction of sp³-hybridized carbons (Fsp3) is 0.517. The molecule has 15 nitrogen and oxygen atoms in total. The molecule has 11 rings (SSSR count). The highest BCUT2D eigenvalue weighted by Gasteiger charge is 2.64. The predicted octanol–water partition coefficient (Wildman–Crippen LogP) is 9.51. The molecule has 1 saturated carbocycles. The topological polar surface area (TPSA) is 145 Å². The lowest BCUT2D eigenvalue weighted by Crippen LogP contribution is -2.74. The molecule has 77 heavy (non-hydrogen) atoms. The van der Waals surface area contributed by atoms with Crippen molar-refractivity contribution in [3.8, 4) is 28.7 Å². The minimum Gasteiger partial charge on any atom is -0.495 e. The van der Waals surface area contributed by atoms with Crippen LogP contribution in [0.5, 0.6) is 11.5 Å². The van der Waals surface area contributed by atoms with Crippen molar-refractivity contribution in [2.24, 2.45) is 10.8 Å². The van der Waals surface area contributed by atoms with Gasteiger partial charge in [0.1, 0.15) is 29.5 Å². The Bertz CT molecular complexity index is 3010. The number of halogens is 2. The molecule has 2 amide bonds. The van der Waals surface area contributed by atoms with E-state index in [2.05, 4.69) is 75.5 Å². The number of carbonyl (C=O) groups excluding carboxylic acids is 2. The van der Waals surface area contributed by atoms with Crippen molar-refractivity contribution < 1.29 is 32.6 Å². The number of nitrogens with zero attached hydrogens (tertiary/aromatic N) is 9. The van der Waals surface area contributed by atoms with E-state index in [0.717, 1.165) is 118 Å². The second kappa shape index (κ2) is 21.2. The summed E-state index contributed by atoms with van der Waals surface area (Å²) >= 11 is 0. The van der Waals surface area contributed by atoms with Crippen LogP contribution in [0.4, 0.5) is 31.8 Å². The number of hydrogen-bond acceptors (Lipinski definition) is 12. The molecule has 7 heterocycles. The van der Waals surface area contributed by atoms with E-state index in [9.17, 15) is 14.9 Å². The number of piperidine rings is 1. The molecule has 17 heteroatoms. The van der Waals surface area contributed by atoms with Gasteiger partial charge in [0.05, 0.1) is 25.3 Å². The quantitative estimate of drug-likeness (QED) is 0.127. The van der Waals surface area contributed by atoms with Crippen LogP contribution in [-0.4, -0.2) is 127 Å². The largest absolute Gasteiger partial charge is 0.495 e. The molecule has 0 unspecified atom stereocenters. The van der Waals surface area contributed by atoms with Crippen LogP contribution in [0.1, 0.15) is 117 Å². The van der Waals surface area contributed by atoms with Gasteiger partial charge in [-0.05, 0) is 110 Å². The summed E-state index contributed by atoms with van der Waals surface area (Å²) in [5.74, 6) is 2.64. The van der Waals surface area contributed by atoms with Gasteiger partial charge < -0.3 is 39.1 Å². The molecule has 3 saturated heterocycles. The second-order valence-electron chi connectivity index (χ2n) is 23.1. The third kappa shape index (κ3) is 9.96. The number of nitriles is 1. The second-order valence-corrected chi connectivity index (χ2v) is 23.1. The smallest absolute Gasteiger partial charge is 0.264 e. The highest BCUT2D eigenvalue weighted by Crippen LogP contribution is 2.56. The number of hydrogen-bond donors (Lipinski definition) is 1. The Hall–Kier alpha value is -6.77.